The quantitative estimate of drug-likeness (QED) is 0.472. The van der Waals surface area contributed by atoms with E-state index in [0.717, 1.165) is 5.75 Å². The fourth-order valence-electron chi connectivity index (χ4n) is 1.60. The number of nitrogens with zero attached hydrogens (tertiary/aromatic N) is 1. The highest BCUT2D eigenvalue weighted by Gasteiger charge is 2.20. The number of carbonyl (C=O) groups excluding carboxylic acids is 1. The third-order valence-electron chi connectivity index (χ3n) is 2.52. The lowest BCUT2D eigenvalue weighted by molar-refractivity contribution is -0.385. The van der Waals surface area contributed by atoms with E-state index in [1.807, 2.05) is 13.2 Å². The summed E-state index contributed by atoms with van der Waals surface area (Å²) in [4.78, 5) is 22.2. The van der Waals surface area contributed by atoms with Crippen molar-refractivity contribution in [3.8, 4) is 0 Å². The Labute approximate surface area is 115 Å². The zero-order chi connectivity index (χ0) is 14.4. The van der Waals surface area contributed by atoms with Crippen molar-refractivity contribution >= 4 is 29.0 Å². The number of nitrogens with two attached hydrogens (primary N) is 1. The van der Waals surface area contributed by atoms with Crippen LogP contribution in [0.5, 0.6) is 0 Å². The third kappa shape index (κ3) is 4.44. The Balaban J connectivity index is 2.81. The predicted molar refractivity (Wildman–Crippen MR) is 77.4 cm³/mol. The summed E-state index contributed by atoms with van der Waals surface area (Å²) in [7, 11) is 0. The number of hydrogen-bond acceptors (Lipinski definition) is 5. The lowest BCUT2D eigenvalue weighted by Gasteiger charge is -2.11. The highest BCUT2D eigenvalue weighted by Crippen LogP contribution is 2.21. The van der Waals surface area contributed by atoms with Crippen LogP contribution < -0.4 is 11.1 Å². The molecule has 104 valence electrons. The summed E-state index contributed by atoms with van der Waals surface area (Å²) in [6.07, 6.45) is 1.99. The zero-order valence-corrected chi connectivity index (χ0v) is 11.7. The molecule has 0 fully saturated rings. The van der Waals surface area contributed by atoms with Gasteiger partial charge in [0, 0.05) is 18.3 Å². The normalized spacial score (nSPS) is 11.9. The number of hydrogen-bond donors (Lipinski definition) is 2. The van der Waals surface area contributed by atoms with Crippen LogP contribution in [0.4, 0.5) is 11.4 Å². The molecular weight excluding hydrogens is 266 g/mol. The fraction of sp³-hybridized carbons (Fsp3) is 0.417. The summed E-state index contributed by atoms with van der Waals surface area (Å²) in [5, 5.41) is 13.6. The van der Waals surface area contributed by atoms with Gasteiger partial charge in [-0.15, -0.1) is 0 Å². The van der Waals surface area contributed by atoms with E-state index in [0.29, 0.717) is 18.2 Å². The molecule has 0 spiro atoms. The van der Waals surface area contributed by atoms with E-state index in [2.05, 4.69) is 5.32 Å². The summed E-state index contributed by atoms with van der Waals surface area (Å²) in [6, 6.07) is 3.98. The van der Waals surface area contributed by atoms with E-state index in [9.17, 15) is 14.9 Å². The number of benzene rings is 1. The van der Waals surface area contributed by atoms with Crippen molar-refractivity contribution in [2.45, 2.75) is 6.92 Å². The Hall–Kier alpha value is -1.76. The smallest absolute Gasteiger partial charge is 0.282 e. The number of nitrogen functional groups attached to an aromatic ring is 1. The molecule has 0 aliphatic heterocycles. The van der Waals surface area contributed by atoms with Gasteiger partial charge in [0.15, 0.2) is 0 Å². The van der Waals surface area contributed by atoms with Crippen LogP contribution >= 0.6 is 11.8 Å². The first kappa shape index (κ1) is 15.3. The molecule has 1 aromatic rings. The van der Waals surface area contributed by atoms with Crippen LogP contribution in [0.3, 0.4) is 0 Å². The lowest BCUT2D eigenvalue weighted by atomic mass is 10.1. The molecule has 0 heterocycles. The Morgan fingerprint density at radius 1 is 1.58 bits per heavy atom. The second kappa shape index (κ2) is 6.98. The van der Waals surface area contributed by atoms with E-state index in [1.165, 1.54) is 18.2 Å². The Morgan fingerprint density at radius 2 is 2.26 bits per heavy atom. The summed E-state index contributed by atoms with van der Waals surface area (Å²) in [5.74, 6) is 0.755. The molecule has 3 N–H and O–H groups in total. The molecule has 1 rings (SSSR count). The monoisotopic (exact) mass is 283 g/mol. The van der Waals surface area contributed by atoms with Crippen LogP contribution in [0.15, 0.2) is 18.2 Å². The molecule has 7 heteroatoms. The highest BCUT2D eigenvalue weighted by atomic mass is 32.2. The molecule has 19 heavy (non-hydrogen) atoms. The summed E-state index contributed by atoms with van der Waals surface area (Å²) < 4.78 is 0. The standard InChI is InChI=1S/C12H17N3O3S/c1-8(7-19-2)6-14-12(16)10-5-9(13)3-4-11(10)15(17)18/h3-5,8H,6-7,13H2,1-2H3,(H,14,16). The number of carbonyl (C=O) groups is 1. The van der Waals surface area contributed by atoms with Gasteiger partial charge in [-0.05, 0) is 30.1 Å². The second-order valence-corrected chi connectivity index (χ2v) is 5.21. The van der Waals surface area contributed by atoms with Crippen molar-refractivity contribution < 1.29 is 9.72 Å². The largest absolute Gasteiger partial charge is 0.399 e. The minimum absolute atomic E-state index is 0.00125. The first-order chi connectivity index (χ1) is 8.95. The molecule has 1 atom stereocenters. The maximum absolute atomic E-state index is 12.0. The van der Waals surface area contributed by atoms with Crippen molar-refractivity contribution in [3.63, 3.8) is 0 Å². The number of amides is 1. The Bertz CT molecular complexity index is 479. The average Bonchev–Trinajstić information content (AvgIpc) is 2.35. The maximum Gasteiger partial charge on any atom is 0.282 e. The molecule has 0 saturated heterocycles. The van der Waals surface area contributed by atoms with E-state index in [1.54, 1.807) is 11.8 Å². The first-order valence-corrected chi connectivity index (χ1v) is 7.16. The highest BCUT2D eigenvalue weighted by molar-refractivity contribution is 7.98. The van der Waals surface area contributed by atoms with E-state index < -0.39 is 10.8 Å². The van der Waals surface area contributed by atoms with Gasteiger partial charge in [-0.1, -0.05) is 6.92 Å². The third-order valence-corrected chi connectivity index (χ3v) is 3.43. The van der Waals surface area contributed by atoms with Gasteiger partial charge in [-0.3, -0.25) is 14.9 Å². The van der Waals surface area contributed by atoms with Crippen LogP contribution in [0, 0.1) is 16.0 Å². The average molecular weight is 283 g/mol. The number of nitrogens with one attached hydrogen (secondary N) is 1. The van der Waals surface area contributed by atoms with Gasteiger partial charge in [-0.25, -0.2) is 0 Å². The lowest BCUT2D eigenvalue weighted by Crippen LogP contribution is -2.29. The van der Waals surface area contributed by atoms with Gasteiger partial charge in [-0.2, -0.15) is 11.8 Å². The maximum atomic E-state index is 12.0. The second-order valence-electron chi connectivity index (χ2n) is 4.30. The first-order valence-electron chi connectivity index (χ1n) is 5.76. The number of rotatable bonds is 6. The van der Waals surface area contributed by atoms with Crippen LogP contribution in [0.2, 0.25) is 0 Å². The topological polar surface area (TPSA) is 98.3 Å². The molecular formula is C12H17N3O3S. The minimum Gasteiger partial charge on any atom is -0.399 e. The Kier molecular flexibility index (Phi) is 5.62. The SMILES string of the molecule is CSCC(C)CNC(=O)c1cc(N)ccc1[N+](=O)[O-]. The molecule has 1 unspecified atom stereocenters. The molecule has 0 radical (unpaired) electrons. The fourth-order valence-corrected chi connectivity index (χ4v) is 2.29. The van der Waals surface area contributed by atoms with Crippen molar-refractivity contribution in [3.05, 3.63) is 33.9 Å². The van der Waals surface area contributed by atoms with Crippen LogP contribution in [0.25, 0.3) is 0 Å². The van der Waals surface area contributed by atoms with Gasteiger partial charge in [0.1, 0.15) is 5.56 Å². The van der Waals surface area contributed by atoms with E-state index in [-0.39, 0.29) is 11.3 Å². The van der Waals surface area contributed by atoms with Crippen LogP contribution in [-0.2, 0) is 0 Å². The van der Waals surface area contributed by atoms with Crippen molar-refractivity contribution in [2.24, 2.45) is 5.92 Å². The molecule has 0 aromatic heterocycles. The van der Waals surface area contributed by atoms with E-state index in [4.69, 9.17) is 5.73 Å². The molecule has 0 aliphatic rings. The number of nitro groups is 1. The van der Waals surface area contributed by atoms with Crippen LogP contribution in [0.1, 0.15) is 17.3 Å². The minimum atomic E-state index is -0.584. The van der Waals surface area contributed by atoms with Crippen molar-refractivity contribution in [1.82, 2.24) is 5.32 Å². The number of thioether (sulfide) groups is 1. The van der Waals surface area contributed by atoms with E-state index >= 15 is 0 Å². The molecule has 6 nitrogen and oxygen atoms in total. The molecule has 0 saturated carbocycles. The van der Waals surface area contributed by atoms with Gasteiger partial charge >= 0.3 is 0 Å². The van der Waals surface area contributed by atoms with Gasteiger partial charge < -0.3 is 11.1 Å². The summed E-state index contributed by atoms with van der Waals surface area (Å²) >= 11 is 1.69. The summed E-state index contributed by atoms with van der Waals surface area (Å²) in [5.41, 5.74) is 5.66. The van der Waals surface area contributed by atoms with Crippen LogP contribution in [-0.4, -0.2) is 29.4 Å². The number of anilines is 1. The molecule has 0 aliphatic carbocycles. The zero-order valence-electron chi connectivity index (χ0n) is 10.9. The van der Waals surface area contributed by atoms with Gasteiger partial charge in [0.05, 0.1) is 4.92 Å². The van der Waals surface area contributed by atoms with Crippen molar-refractivity contribution in [2.75, 3.05) is 24.3 Å². The Morgan fingerprint density at radius 3 is 2.84 bits per heavy atom. The molecule has 1 aromatic carbocycles. The molecule has 0 bridgehead atoms. The van der Waals surface area contributed by atoms with Gasteiger partial charge in [0.25, 0.3) is 11.6 Å². The predicted octanol–water partition coefficient (Wildman–Crippen LogP) is 1.91. The number of nitro benzene ring substituents is 1. The van der Waals surface area contributed by atoms with Gasteiger partial charge in [0.2, 0.25) is 0 Å². The van der Waals surface area contributed by atoms with Crippen molar-refractivity contribution in [1.29, 1.82) is 0 Å². The molecule has 1 amide bonds. The summed E-state index contributed by atoms with van der Waals surface area (Å²) in [6.45, 7) is 2.48.